The van der Waals surface area contributed by atoms with Crippen LogP contribution in [0.2, 0.25) is 0 Å². The van der Waals surface area contributed by atoms with E-state index in [4.69, 9.17) is 9.47 Å². The molecule has 0 fully saturated rings. The molecule has 0 saturated carbocycles. The number of rotatable bonds is 8. The van der Waals surface area contributed by atoms with Gasteiger partial charge in [-0.1, -0.05) is 6.07 Å². The van der Waals surface area contributed by atoms with E-state index in [0.29, 0.717) is 36.6 Å². The third kappa shape index (κ3) is 5.77. The minimum atomic E-state index is -4.80. The first-order valence-electron chi connectivity index (χ1n) is 8.33. The Balaban J connectivity index is 1.84. The molecule has 0 spiro atoms. The molecule has 1 amide bonds. The standard InChI is InChI=1S/C19H20F4N2O3/c1-27-16-6-3-12(9-17(16)28-2)7-8-24-18(26)11-25-13-4-5-15(20)14(10-13)19(21,22)23/h3-6,9-10,25H,7-8,11H2,1-2H3,(H,24,26). The molecule has 9 heteroatoms. The molecule has 152 valence electrons. The smallest absolute Gasteiger partial charge is 0.419 e. The van der Waals surface area contributed by atoms with E-state index in [1.165, 1.54) is 14.2 Å². The van der Waals surface area contributed by atoms with Crippen molar-refractivity contribution in [3.63, 3.8) is 0 Å². The molecule has 2 aromatic rings. The lowest BCUT2D eigenvalue weighted by Crippen LogP contribution is -2.31. The first-order chi connectivity index (χ1) is 13.2. The van der Waals surface area contributed by atoms with Crippen molar-refractivity contribution in [1.82, 2.24) is 5.32 Å². The van der Waals surface area contributed by atoms with Crippen LogP contribution in [0.3, 0.4) is 0 Å². The van der Waals surface area contributed by atoms with Crippen LogP contribution in [0.15, 0.2) is 36.4 Å². The van der Waals surface area contributed by atoms with E-state index in [-0.39, 0.29) is 12.2 Å². The Morgan fingerprint density at radius 1 is 1.04 bits per heavy atom. The number of benzene rings is 2. The number of carbonyl (C=O) groups is 1. The van der Waals surface area contributed by atoms with Gasteiger partial charge < -0.3 is 20.1 Å². The lowest BCUT2D eigenvalue weighted by molar-refractivity contribution is -0.139. The molecule has 0 aliphatic carbocycles. The van der Waals surface area contributed by atoms with Crippen molar-refractivity contribution in [3.05, 3.63) is 53.3 Å². The summed E-state index contributed by atoms with van der Waals surface area (Å²) in [6, 6.07) is 7.86. The summed E-state index contributed by atoms with van der Waals surface area (Å²) in [6.07, 6.45) is -4.27. The zero-order chi connectivity index (χ0) is 20.7. The van der Waals surface area contributed by atoms with Crippen LogP contribution in [-0.4, -0.2) is 33.2 Å². The summed E-state index contributed by atoms with van der Waals surface area (Å²) in [5.41, 5.74) is -0.464. The molecule has 0 unspecified atom stereocenters. The molecule has 0 atom stereocenters. The third-order valence-corrected chi connectivity index (χ3v) is 3.91. The summed E-state index contributed by atoms with van der Waals surface area (Å²) in [7, 11) is 3.05. The van der Waals surface area contributed by atoms with E-state index >= 15 is 0 Å². The lowest BCUT2D eigenvalue weighted by Gasteiger charge is -2.12. The molecule has 5 nitrogen and oxygen atoms in total. The largest absolute Gasteiger partial charge is 0.493 e. The highest BCUT2D eigenvalue weighted by molar-refractivity contribution is 5.80. The quantitative estimate of drug-likeness (QED) is 0.665. The first-order valence-corrected chi connectivity index (χ1v) is 8.33. The molecular formula is C19H20F4N2O3. The third-order valence-electron chi connectivity index (χ3n) is 3.91. The fourth-order valence-corrected chi connectivity index (χ4v) is 2.48. The van der Waals surface area contributed by atoms with Crippen LogP contribution in [0.25, 0.3) is 0 Å². The molecule has 2 rings (SSSR count). The Bertz CT molecular complexity index is 825. The summed E-state index contributed by atoms with van der Waals surface area (Å²) in [5.74, 6) is -0.599. The van der Waals surface area contributed by atoms with E-state index in [1.807, 2.05) is 6.07 Å². The van der Waals surface area contributed by atoms with Crippen LogP contribution < -0.4 is 20.1 Å². The van der Waals surface area contributed by atoms with Gasteiger partial charge in [-0.2, -0.15) is 13.2 Å². The number of anilines is 1. The van der Waals surface area contributed by atoms with Gasteiger partial charge in [-0.15, -0.1) is 0 Å². The number of amides is 1. The van der Waals surface area contributed by atoms with Crippen LogP contribution in [0.1, 0.15) is 11.1 Å². The van der Waals surface area contributed by atoms with Gasteiger partial charge in [0.15, 0.2) is 11.5 Å². The average molecular weight is 400 g/mol. The number of halogens is 4. The number of nitrogens with one attached hydrogen (secondary N) is 2. The van der Waals surface area contributed by atoms with E-state index in [1.54, 1.807) is 12.1 Å². The molecule has 0 radical (unpaired) electrons. The summed E-state index contributed by atoms with van der Waals surface area (Å²) < 4.78 is 61.7. The molecule has 0 bridgehead atoms. The Hall–Kier alpha value is -2.97. The summed E-state index contributed by atoms with van der Waals surface area (Å²) in [4.78, 5) is 11.9. The van der Waals surface area contributed by atoms with Crippen molar-refractivity contribution < 1.29 is 31.8 Å². The monoisotopic (exact) mass is 400 g/mol. The Morgan fingerprint density at radius 3 is 2.39 bits per heavy atom. The van der Waals surface area contributed by atoms with Crippen molar-refractivity contribution in [2.24, 2.45) is 0 Å². The van der Waals surface area contributed by atoms with Gasteiger partial charge in [0.2, 0.25) is 5.91 Å². The summed E-state index contributed by atoms with van der Waals surface area (Å²) in [6.45, 7) is 0.0854. The average Bonchev–Trinajstić information content (AvgIpc) is 2.66. The normalized spacial score (nSPS) is 11.1. The van der Waals surface area contributed by atoms with E-state index in [0.717, 1.165) is 11.6 Å². The van der Waals surface area contributed by atoms with Gasteiger partial charge in [0.1, 0.15) is 5.82 Å². The predicted octanol–water partition coefficient (Wildman–Crippen LogP) is 3.63. The number of ether oxygens (including phenoxy) is 2. The second kappa shape index (κ2) is 9.29. The lowest BCUT2D eigenvalue weighted by atomic mass is 10.1. The van der Waals surface area contributed by atoms with Crippen LogP contribution in [0, 0.1) is 5.82 Å². The highest BCUT2D eigenvalue weighted by atomic mass is 19.4. The van der Waals surface area contributed by atoms with Crippen LogP contribution in [0.5, 0.6) is 11.5 Å². The second-order valence-electron chi connectivity index (χ2n) is 5.84. The van der Waals surface area contributed by atoms with E-state index < -0.39 is 23.5 Å². The molecular weight excluding hydrogens is 380 g/mol. The van der Waals surface area contributed by atoms with Gasteiger partial charge in [0, 0.05) is 12.2 Å². The molecule has 2 aromatic carbocycles. The Kier molecular flexibility index (Phi) is 7.08. The molecule has 0 saturated heterocycles. The molecule has 28 heavy (non-hydrogen) atoms. The van der Waals surface area contributed by atoms with Crippen LogP contribution in [-0.2, 0) is 17.4 Å². The maximum Gasteiger partial charge on any atom is 0.419 e. The Morgan fingerprint density at radius 2 is 1.75 bits per heavy atom. The topological polar surface area (TPSA) is 59.6 Å². The van der Waals surface area contributed by atoms with E-state index in [9.17, 15) is 22.4 Å². The first kappa shape index (κ1) is 21.3. The molecule has 2 N–H and O–H groups in total. The number of hydrogen-bond donors (Lipinski definition) is 2. The highest BCUT2D eigenvalue weighted by Crippen LogP contribution is 2.33. The van der Waals surface area contributed by atoms with Gasteiger partial charge in [0.25, 0.3) is 0 Å². The van der Waals surface area contributed by atoms with Crippen molar-refractivity contribution in [3.8, 4) is 11.5 Å². The zero-order valence-corrected chi connectivity index (χ0v) is 15.3. The van der Waals surface area contributed by atoms with Crippen molar-refractivity contribution in [2.75, 3.05) is 32.6 Å². The van der Waals surface area contributed by atoms with Gasteiger partial charge in [-0.05, 0) is 42.3 Å². The van der Waals surface area contributed by atoms with Gasteiger partial charge in [-0.25, -0.2) is 4.39 Å². The number of carbonyl (C=O) groups excluding carboxylic acids is 1. The van der Waals surface area contributed by atoms with E-state index in [2.05, 4.69) is 10.6 Å². The summed E-state index contributed by atoms with van der Waals surface area (Å²) >= 11 is 0. The molecule has 0 aromatic heterocycles. The summed E-state index contributed by atoms with van der Waals surface area (Å²) in [5, 5.41) is 5.20. The van der Waals surface area contributed by atoms with Gasteiger partial charge >= 0.3 is 6.18 Å². The Labute approximate surface area is 159 Å². The molecule has 0 heterocycles. The SMILES string of the molecule is COc1ccc(CCNC(=O)CNc2ccc(F)c(C(F)(F)F)c2)cc1OC. The second-order valence-corrected chi connectivity index (χ2v) is 5.84. The van der Waals surface area contributed by atoms with Gasteiger partial charge in [-0.3, -0.25) is 4.79 Å². The predicted molar refractivity (Wildman–Crippen MR) is 96.2 cm³/mol. The van der Waals surface area contributed by atoms with Crippen molar-refractivity contribution >= 4 is 11.6 Å². The van der Waals surface area contributed by atoms with Crippen LogP contribution in [0.4, 0.5) is 23.2 Å². The minimum Gasteiger partial charge on any atom is -0.493 e. The minimum absolute atomic E-state index is 0.00349. The molecule has 0 aliphatic rings. The fraction of sp³-hybridized carbons (Fsp3) is 0.316. The number of alkyl halides is 3. The molecule has 0 aliphatic heterocycles. The number of methoxy groups -OCH3 is 2. The fourth-order valence-electron chi connectivity index (χ4n) is 2.48. The van der Waals surface area contributed by atoms with Crippen molar-refractivity contribution in [1.29, 1.82) is 0 Å². The number of hydrogen-bond acceptors (Lipinski definition) is 4. The van der Waals surface area contributed by atoms with Crippen molar-refractivity contribution in [2.45, 2.75) is 12.6 Å². The highest BCUT2D eigenvalue weighted by Gasteiger charge is 2.34. The maximum absolute atomic E-state index is 13.3. The van der Waals surface area contributed by atoms with Crippen LogP contribution >= 0.6 is 0 Å². The van der Waals surface area contributed by atoms with Gasteiger partial charge in [0.05, 0.1) is 26.3 Å². The zero-order valence-electron chi connectivity index (χ0n) is 15.3. The maximum atomic E-state index is 13.3.